The third-order valence-corrected chi connectivity index (χ3v) is 6.26. The fraction of sp³-hybridized carbons (Fsp3) is 0.727. The zero-order valence-corrected chi connectivity index (χ0v) is 17.4. The van der Waals surface area contributed by atoms with Gasteiger partial charge in [-0.2, -0.15) is 0 Å². The standard InChI is InChI=1S/C22H36ClNO/c1-5-21(4)17-22(13-15-25-21,11-10-18(2)3)12-14-24-16-19-6-8-20(23)9-7-19/h6-9,18,24H,5,10-17H2,1-4H3/p+1/t21-,22-/m0/s1. The summed E-state index contributed by atoms with van der Waals surface area (Å²) in [4.78, 5) is 0. The number of hydrogen-bond donors (Lipinski definition) is 1. The highest BCUT2D eigenvalue weighted by molar-refractivity contribution is 6.30. The monoisotopic (exact) mass is 366 g/mol. The summed E-state index contributed by atoms with van der Waals surface area (Å²) >= 11 is 5.97. The number of hydrogen-bond acceptors (Lipinski definition) is 1. The molecule has 2 atom stereocenters. The van der Waals surface area contributed by atoms with Crippen molar-refractivity contribution in [1.82, 2.24) is 0 Å². The summed E-state index contributed by atoms with van der Waals surface area (Å²) in [6.07, 6.45) is 7.54. The Balaban J connectivity index is 1.90. The van der Waals surface area contributed by atoms with Crippen molar-refractivity contribution >= 4 is 11.6 Å². The first kappa shape index (κ1) is 20.7. The molecule has 142 valence electrons. The molecule has 0 bridgehead atoms. The third kappa shape index (κ3) is 6.58. The zero-order chi connectivity index (χ0) is 18.3. The van der Waals surface area contributed by atoms with E-state index in [1.165, 1.54) is 44.2 Å². The highest BCUT2D eigenvalue weighted by atomic mass is 35.5. The lowest BCUT2D eigenvalue weighted by Gasteiger charge is -2.46. The normalized spacial score (nSPS) is 27.0. The fourth-order valence-electron chi connectivity index (χ4n) is 4.12. The molecule has 1 saturated heterocycles. The molecule has 0 radical (unpaired) electrons. The molecule has 1 fully saturated rings. The summed E-state index contributed by atoms with van der Waals surface area (Å²) in [6, 6.07) is 8.24. The molecule has 3 heteroatoms. The Labute approximate surface area is 159 Å². The molecule has 0 saturated carbocycles. The molecular weight excluding hydrogens is 330 g/mol. The smallest absolute Gasteiger partial charge is 0.101 e. The molecule has 2 N–H and O–H groups in total. The summed E-state index contributed by atoms with van der Waals surface area (Å²) in [6.45, 7) is 12.4. The Hall–Kier alpha value is -0.570. The van der Waals surface area contributed by atoms with Crippen molar-refractivity contribution in [2.75, 3.05) is 13.2 Å². The molecule has 25 heavy (non-hydrogen) atoms. The van der Waals surface area contributed by atoms with Crippen LogP contribution in [0.3, 0.4) is 0 Å². The second-order valence-corrected chi connectivity index (χ2v) is 9.11. The van der Waals surface area contributed by atoms with Gasteiger partial charge in [0.1, 0.15) is 6.54 Å². The van der Waals surface area contributed by atoms with Crippen molar-refractivity contribution in [2.45, 2.75) is 78.4 Å². The topological polar surface area (TPSA) is 25.8 Å². The molecular formula is C22H37ClNO+. The van der Waals surface area contributed by atoms with Crippen molar-refractivity contribution in [3.8, 4) is 0 Å². The van der Waals surface area contributed by atoms with Crippen LogP contribution >= 0.6 is 11.6 Å². The predicted octanol–water partition coefficient (Wildman–Crippen LogP) is 5.20. The maximum Gasteiger partial charge on any atom is 0.101 e. The maximum absolute atomic E-state index is 6.14. The van der Waals surface area contributed by atoms with Gasteiger partial charge in [-0.15, -0.1) is 0 Å². The fourth-order valence-corrected chi connectivity index (χ4v) is 4.24. The molecule has 1 aliphatic rings. The van der Waals surface area contributed by atoms with Crippen LogP contribution < -0.4 is 5.32 Å². The van der Waals surface area contributed by atoms with Crippen LogP contribution in [0.1, 0.15) is 71.8 Å². The lowest BCUT2D eigenvalue weighted by atomic mass is 9.67. The van der Waals surface area contributed by atoms with Crippen LogP contribution in [-0.4, -0.2) is 18.8 Å². The van der Waals surface area contributed by atoms with E-state index < -0.39 is 0 Å². The minimum absolute atomic E-state index is 0.0748. The molecule has 1 heterocycles. The van der Waals surface area contributed by atoms with Crippen LogP contribution in [0.5, 0.6) is 0 Å². The van der Waals surface area contributed by atoms with Gasteiger partial charge in [0, 0.05) is 23.6 Å². The molecule has 1 aromatic rings. The highest BCUT2D eigenvalue weighted by Crippen LogP contribution is 2.46. The lowest BCUT2D eigenvalue weighted by Crippen LogP contribution is -2.83. The van der Waals surface area contributed by atoms with Gasteiger partial charge in [-0.3, -0.25) is 0 Å². The maximum atomic E-state index is 6.14. The van der Waals surface area contributed by atoms with Crippen molar-refractivity contribution < 1.29 is 10.1 Å². The molecule has 0 amide bonds. The van der Waals surface area contributed by atoms with Crippen LogP contribution in [0.25, 0.3) is 0 Å². The quantitative estimate of drug-likeness (QED) is 0.597. The lowest BCUT2D eigenvalue weighted by molar-refractivity contribution is -0.672. The number of ether oxygens (including phenoxy) is 1. The first-order valence-electron chi connectivity index (χ1n) is 10.1. The summed E-state index contributed by atoms with van der Waals surface area (Å²) in [5.74, 6) is 0.783. The van der Waals surface area contributed by atoms with E-state index in [4.69, 9.17) is 16.3 Å². The average molecular weight is 367 g/mol. The van der Waals surface area contributed by atoms with Crippen LogP contribution in [0.15, 0.2) is 24.3 Å². The van der Waals surface area contributed by atoms with Gasteiger partial charge in [0.25, 0.3) is 0 Å². The average Bonchev–Trinajstić information content (AvgIpc) is 2.59. The number of nitrogens with two attached hydrogens (primary N) is 1. The second-order valence-electron chi connectivity index (χ2n) is 8.67. The first-order valence-corrected chi connectivity index (χ1v) is 10.4. The minimum atomic E-state index is 0.0748. The van der Waals surface area contributed by atoms with Crippen LogP contribution in [0.2, 0.25) is 5.02 Å². The Morgan fingerprint density at radius 1 is 1.20 bits per heavy atom. The van der Waals surface area contributed by atoms with Crippen molar-refractivity contribution in [3.63, 3.8) is 0 Å². The van der Waals surface area contributed by atoms with E-state index in [1.54, 1.807) is 0 Å². The Bertz CT molecular complexity index is 515. The van der Waals surface area contributed by atoms with Gasteiger partial charge < -0.3 is 10.1 Å². The van der Waals surface area contributed by atoms with E-state index >= 15 is 0 Å². The van der Waals surface area contributed by atoms with Crippen LogP contribution in [-0.2, 0) is 11.3 Å². The van der Waals surface area contributed by atoms with Gasteiger partial charge in [0.05, 0.1) is 12.1 Å². The Kier molecular flexibility index (Phi) is 7.79. The number of benzene rings is 1. The van der Waals surface area contributed by atoms with E-state index in [9.17, 15) is 0 Å². The van der Waals surface area contributed by atoms with Crippen molar-refractivity contribution in [1.29, 1.82) is 0 Å². The zero-order valence-electron chi connectivity index (χ0n) is 16.6. The van der Waals surface area contributed by atoms with Crippen molar-refractivity contribution in [3.05, 3.63) is 34.9 Å². The molecule has 1 aromatic carbocycles. The molecule has 1 aliphatic heterocycles. The minimum Gasteiger partial charge on any atom is -0.375 e. The third-order valence-electron chi connectivity index (χ3n) is 6.00. The summed E-state index contributed by atoms with van der Waals surface area (Å²) in [5.41, 5.74) is 1.89. The summed E-state index contributed by atoms with van der Waals surface area (Å²) in [5, 5.41) is 3.27. The van der Waals surface area contributed by atoms with E-state index in [1.807, 2.05) is 12.1 Å². The number of rotatable bonds is 9. The van der Waals surface area contributed by atoms with E-state index in [-0.39, 0.29) is 5.60 Å². The summed E-state index contributed by atoms with van der Waals surface area (Å²) in [7, 11) is 0. The Morgan fingerprint density at radius 3 is 2.56 bits per heavy atom. The van der Waals surface area contributed by atoms with Gasteiger partial charge in [0.2, 0.25) is 0 Å². The van der Waals surface area contributed by atoms with Gasteiger partial charge in [0.15, 0.2) is 0 Å². The van der Waals surface area contributed by atoms with Gasteiger partial charge in [-0.25, -0.2) is 0 Å². The summed E-state index contributed by atoms with van der Waals surface area (Å²) < 4.78 is 6.14. The van der Waals surface area contributed by atoms with Crippen LogP contribution in [0.4, 0.5) is 0 Å². The predicted molar refractivity (Wildman–Crippen MR) is 107 cm³/mol. The largest absolute Gasteiger partial charge is 0.375 e. The van der Waals surface area contributed by atoms with Crippen LogP contribution in [0, 0.1) is 11.3 Å². The van der Waals surface area contributed by atoms with E-state index in [2.05, 4.69) is 45.1 Å². The number of halogens is 1. The SMILES string of the molecule is CC[C@@]1(C)C[C@](CC[NH2+]Cc2ccc(Cl)cc2)(CCC(C)C)CCO1. The molecule has 2 rings (SSSR count). The second kappa shape index (κ2) is 9.39. The van der Waals surface area contributed by atoms with Gasteiger partial charge >= 0.3 is 0 Å². The first-order chi connectivity index (χ1) is 11.9. The van der Waals surface area contributed by atoms with E-state index in [0.29, 0.717) is 5.41 Å². The molecule has 0 unspecified atom stereocenters. The van der Waals surface area contributed by atoms with Crippen molar-refractivity contribution in [2.24, 2.45) is 11.3 Å². The van der Waals surface area contributed by atoms with E-state index in [0.717, 1.165) is 30.5 Å². The molecule has 0 aromatic heterocycles. The molecule has 2 nitrogen and oxygen atoms in total. The van der Waals surface area contributed by atoms with Gasteiger partial charge in [-0.1, -0.05) is 50.9 Å². The molecule has 0 aliphatic carbocycles. The highest BCUT2D eigenvalue weighted by Gasteiger charge is 2.42. The number of quaternary nitrogens is 1. The molecule has 0 spiro atoms. The Morgan fingerprint density at radius 2 is 1.92 bits per heavy atom. The van der Waals surface area contributed by atoms with Gasteiger partial charge in [-0.05, 0) is 56.1 Å².